The average molecular weight is 388 g/mol. The topological polar surface area (TPSA) is 17.1 Å². The highest BCUT2D eigenvalue weighted by Crippen LogP contribution is 2.58. The fourth-order valence-corrected chi connectivity index (χ4v) is 7.86. The van der Waals surface area contributed by atoms with Gasteiger partial charge in [0.05, 0.1) is 0 Å². The fourth-order valence-electron chi connectivity index (χ4n) is 2.18. The van der Waals surface area contributed by atoms with Crippen LogP contribution in [0.25, 0.3) is 0 Å². The first kappa shape index (κ1) is 15.6. The van der Waals surface area contributed by atoms with Crippen LogP contribution in [0.4, 0.5) is 0 Å². The summed E-state index contributed by atoms with van der Waals surface area (Å²) in [7, 11) is -2.41. The van der Waals surface area contributed by atoms with Gasteiger partial charge < -0.3 is 0 Å². The van der Waals surface area contributed by atoms with Crippen molar-refractivity contribution in [3.8, 4) is 0 Å². The minimum atomic E-state index is -1.51. The number of rotatable bonds is 4. The molecule has 0 bridgehead atoms. The van der Waals surface area contributed by atoms with E-state index >= 15 is 0 Å². The van der Waals surface area contributed by atoms with Crippen LogP contribution in [0, 0.1) is 0 Å². The first-order valence-corrected chi connectivity index (χ1v) is 11.0. The summed E-state index contributed by atoms with van der Waals surface area (Å²) in [4.78, 5) is 0. The Balaban J connectivity index is 2.06. The largest absolute Gasteiger partial charge is 0.402 e. The lowest BCUT2D eigenvalue weighted by Gasteiger charge is -2.07. The van der Waals surface area contributed by atoms with Crippen molar-refractivity contribution in [3.05, 3.63) is 89.4 Å². The molecule has 1 atom stereocenters. The molecule has 0 saturated heterocycles. The van der Waals surface area contributed by atoms with E-state index in [1.54, 1.807) is 0 Å². The number of benzene rings is 3. The normalized spacial score (nSPS) is 11.5. The zero-order valence-electron chi connectivity index (χ0n) is 11.8. The third-order valence-corrected chi connectivity index (χ3v) is 9.61. The monoisotopic (exact) mass is 387 g/mol. The van der Waals surface area contributed by atoms with E-state index in [1.165, 1.54) is 0 Å². The molecule has 1 nitrogen and oxygen atoms in total. The van der Waals surface area contributed by atoms with Gasteiger partial charge in [0.25, 0.3) is 0 Å². The summed E-state index contributed by atoms with van der Waals surface area (Å²) in [5, 5.41) is 3.19. The molecule has 0 radical (unpaired) electrons. The molecule has 3 rings (SSSR count). The second-order valence-corrected chi connectivity index (χ2v) is 10.7. The van der Waals surface area contributed by atoms with E-state index in [2.05, 4.69) is 40.2 Å². The molecular weight excluding hydrogens is 374 g/mol. The number of hydrogen-bond acceptors (Lipinski definition) is 1. The summed E-state index contributed by atoms with van der Waals surface area (Å²) < 4.78 is 14.2. The van der Waals surface area contributed by atoms with Gasteiger partial charge in [-0.15, -0.1) is 0 Å². The van der Waals surface area contributed by atoms with Gasteiger partial charge in [0.15, 0.2) is 5.30 Å². The zero-order valence-corrected chi connectivity index (χ0v) is 15.1. The number of halogens is 1. The van der Waals surface area contributed by atoms with E-state index in [1.807, 2.05) is 60.7 Å². The van der Waals surface area contributed by atoms with E-state index in [9.17, 15) is 4.57 Å². The van der Waals surface area contributed by atoms with E-state index < -0.39 is 15.1 Å². The van der Waals surface area contributed by atoms with Crippen molar-refractivity contribution in [2.24, 2.45) is 0 Å². The summed E-state index contributed by atoms with van der Waals surface area (Å²) in [5.74, 6) is 0. The van der Waals surface area contributed by atoms with E-state index in [0.29, 0.717) is 0 Å². The molecular formula is C18H14BrOP2+. The molecule has 0 heterocycles. The van der Waals surface area contributed by atoms with Crippen LogP contribution in [0.15, 0.2) is 89.4 Å². The van der Waals surface area contributed by atoms with Crippen LogP contribution < -0.4 is 15.9 Å². The molecule has 3 aromatic carbocycles. The Morgan fingerprint density at radius 3 is 1.59 bits per heavy atom. The number of hydrogen-bond donors (Lipinski definition) is 0. The smallest absolute Gasteiger partial charge is 0.0648 e. The van der Waals surface area contributed by atoms with Crippen LogP contribution in [0.1, 0.15) is 0 Å². The Bertz CT molecular complexity index is 719. The maximum Gasteiger partial charge on any atom is 0.402 e. The third kappa shape index (κ3) is 3.52. The Morgan fingerprint density at radius 2 is 1.14 bits per heavy atom. The second-order valence-electron chi connectivity index (χ2n) is 4.73. The summed E-state index contributed by atoms with van der Waals surface area (Å²) in [5.41, 5.74) is 0. The van der Waals surface area contributed by atoms with Gasteiger partial charge in [0.2, 0.25) is 7.61 Å². The lowest BCUT2D eigenvalue weighted by molar-refractivity contribution is 0.600. The van der Waals surface area contributed by atoms with Crippen molar-refractivity contribution in [3.63, 3.8) is 0 Å². The lowest BCUT2D eigenvalue weighted by Crippen LogP contribution is -2.11. The summed E-state index contributed by atoms with van der Waals surface area (Å²) in [6, 6.07) is 28.1. The molecule has 0 aliphatic heterocycles. The minimum Gasteiger partial charge on any atom is -0.0648 e. The van der Waals surface area contributed by atoms with Gasteiger partial charge in [-0.2, -0.15) is 0 Å². The van der Waals surface area contributed by atoms with Crippen molar-refractivity contribution in [1.82, 2.24) is 0 Å². The molecule has 3 aromatic rings. The van der Waals surface area contributed by atoms with Crippen molar-refractivity contribution in [1.29, 1.82) is 0 Å². The summed E-state index contributed by atoms with van der Waals surface area (Å²) in [6.45, 7) is 0. The van der Waals surface area contributed by atoms with Crippen LogP contribution in [0.2, 0.25) is 0 Å². The van der Waals surface area contributed by atoms with Gasteiger partial charge in [-0.3, -0.25) is 0 Å². The average Bonchev–Trinajstić information content (AvgIpc) is 2.57. The predicted octanol–water partition coefficient (Wildman–Crippen LogP) is 4.95. The van der Waals surface area contributed by atoms with Crippen molar-refractivity contribution < 1.29 is 4.57 Å². The van der Waals surface area contributed by atoms with Crippen LogP contribution in [-0.4, -0.2) is 0 Å². The third-order valence-electron chi connectivity index (χ3n) is 3.23. The van der Waals surface area contributed by atoms with Crippen LogP contribution in [0.3, 0.4) is 0 Å². The maximum absolute atomic E-state index is 13.2. The van der Waals surface area contributed by atoms with Gasteiger partial charge >= 0.3 is 7.49 Å². The molecule has 0 aliphatic carbocycles. The molecule has 4 heteroatoms. The van der Waals surface area contributed by atoms with E-state index in [4.69, 9.17) is 0 Å². The van der Waals surface area contributed by atoms with Gasteiger partial charge in [-0.25, -0.2) is 0 Å². The molecule has 0 amide bonds. The Hall–Kier alpha value is -1.33. The Labute approximate surface area is 141 Å². The Kier molecular flexibility index (Phi) is 5.16. The molecule has 0 N–H and O–H groups in total. The summed E-state index contributed by atoms with van der Waals surface area (Å²) in [6.07, 6.45) is 0. The molecule has 0 fully saturated rings. The van der Waals surface area contributed by atoms with Gasteiger partial charge in [-0.1, -0.05) is 81.2 Å². The molecule has 0 spiro atoms. The maximum atomic E-state index is 13.2. The second kappa shape index (κ2) is 7.29. The van der Waals surface area contributed by atoms with Gasteiger partial charge in [-0.05, 0) is 24.3 Å². The zero-order chi connectivity index (χ0) is 15.4. The SMILES string of the molecule is O=[P+](c1ccc(Br)cc1)P(c1ccccc1)c1ccccc1. The first-order chi connectivity index (χ1) is 10.8. The van der Waals surface area contributed by atoms with Crippen LogP contribution in [0.5, 0.6) is 0 Å². The van der Waals surface area contributed by atoms with Crippen molar-refractivity contribution in [2.45, 2.75) is 0 Å². The summed E-state index contributed by atoms with van der Waals surface area (Å²) >= 11 is 3.43. The highest BCUT2D eigenvalue weighted by atomic mass is 79.9. The van der Waals surface area contributed by atoms with Crippen molar-refractivity contribution in [2.75, 3.05) is 0 Å². The van der Waals surface area contributed by atoms with E-state index in [-0.39, 0.29) is 0 Å². The minimum absolute atomic E-state index is 0.900. The molecule has 1 unspecified atom stereocenters. The molecule has 0 aliphatic rings. The van der Waals surface area contributed by atoms with Crippen molar-refractivity contribution >= 4 is 46.9 Å². The molecule has 22 heavy (non-hydrogen) atoms. The molecule has 0 aromatic heterocycles. The van der Waals surface area contributed by atoms with E-state index in [0.717, 1.165) is 20.4 Å². The highest BCUT2D eigenvalue weighted by molar-refractivity contribution is 9.10. The quantitative estimate of drug-likeness (QED) is 0.578. The van der Waals surface area contributed by atoms with Crippen LogP contribution in [-0.2, 0) is 4.57 Å². The molecule has 108 valence electrons. The molecule has 0 saturated carbocycles. The first-order valence-electron chi connectivity index (χ1n) is 6.89. The highest BCUT2D eigenvalue weighted by Gasteiger charge is 2.36. The van der Waals surface area contributed by atoms with Gasteiger partial charge in [0, 0.05) is 15.1 Å². The predicted molar refractivity (Wildman–Crippen MR) is 100 cm³/mol. The van der Waals surface area contributed by atoms with Crippen LogP contribution >= 0.6 is 31.0 Å². The fraction of sp³-hybridized carbons (Fsp3) is 0. The Morgan fingerprint density at radius 1 is 0.682 bits per heavy atom. The lowest BCUT2D eigenvalue weighted by atomic mass is 10.4. The standard InChI is InChI=1S/C18H14BrOP2/c19-15-11-13-18(14-12-15)22(20)21(16-7-3-1-4-8-16)17-9-5-2-6-10-17/h1-14H/q+1. The van der Waals surface area contributed by atoms with Gasteiger partial charge in [0.1, 0.15) is 0 Å².